The third-order valence-electron chi connectivity index (χ3n) is 2.97. The number of hydrogen-bond acceptors (Lipinski definition) is 6. The van der Waals surface area contributed by atoms with E-state index in [0.29, 0.717) is 11.6 Å². The lowest BCUT2D eigenvalue weighted by Crippen LogP contribution is -2.17. The van der Waals surface area contributed by atoms with E-state index >= 15 is 0 Å². The summed E-state index contributed by atoms with van der Waals surface area (Å²) in [5, 5.41) is 3.20. The van der Waals surface area contributed by atoms with Crippen LogP contribution < -0.4 is 0 Å². The first-order valence-electron chi connectivity index (χ1n) is 6.65. The lowest BCUT2D eigenvalue weighted by atomic mass is 10.3. The van der Waals surface area contributed by atoms with Crippen LogP contribution in [0.5, 0.6) is 0 Å². The van der Waals surface area contributed by atoms with Crippen molar-refractivity contribution in [3.8, 4) is 11.6 Å². The van der Waals surface area contributed by atoms with Gasteiger partial charge in [0.1, 0.15) is 5.01 Å². The Labute approximate surface area is 127 Å². The van der Waals surface area contributed by atoms with Crippen molar-refractivity contribution in [3.05, 3.63) is 52.4 Å². The zero-order valence-electron chi connectivity index (χ0n) is 12.0. The van der Waals surface area contributed by atoms with E-state index in [4.69, 9.17) is 4.42 Å². The normalized spacial score (nSPS) is 11.2. The Morgan fingerprint density at radius 1 is 1.24 bits per heavy atom. The van der Waals surface area contributed by atoms with E-state index in [1.807, 2.05) is 31.5 Å². The summed E-state index contributed by atoms with van der Waals surface area (Å²) >= 11 is 1.69. The summed E-state index contributed by atoms with van der Waals surface area (Å²) in [6, 6.07) is 3.68. The summed E-state index contributed by atoms with van der Waals surface area (Å²) < 4.78 is 5.28. The molecule has 0 fully saturated rings. The Morgan fingerprint density at radius 2 is 2.05 bits per heavy atom. The minimum atomic E-state index is 0.613. The van der Waals surface area contributed by atoms with Gasteiger partial charge >= 0.3 is 0 Å². The molecule has 0 aromatic carbocycles. The minimum Gasteiger partial charge on any atom is -0.461 e. The number of aryl methyl sites for hydroxylation is 1. The van der Waals surface area contributed by atoms with Gasteiger partial charge in [-0.3, -0.25) is 4.90 Å². The third-order valence-corrected chi connectivity index (χ3v) is 3.92. The van der Waals surface area contributed by atoms with Gasteiger partial charge in [-0.1, -0.05) is 0 Å². The van der Waals surface area contributed by atoms with Gasteiger partial charge in [0, 0.05) is 35.6 Å². The molecule has 3 heterocycles. The number of hydrogen-bond donors (Lipinski definition) is 0. The maximum atomic E-state index is 5.28. The molecule has 0 aliphatic heterocycles. The highest BCUT2D eigenvalue weighted by Crippen LogP contribution is 2.15. The molecule has 3 rings (SSSR count). The molecule has 0 amide bonds. The summed E-state index contributed by atoms with van der Waals surface area (Å²) in [6.07, 6.45) is 5.30. The molecule has 0 aliphatic carbocycles. The van der Waals surface area contributed by atoms with Gasteiger partial charge in [-0.25, -0.2) is 15.0 Å². The molecule has 0 aliphatic rings. The average Bonchev–Trinajstić information content (AvgIpc) is 3.11. The van der Waals surface area contributed by atoms with Gasteiger partial charge in [0.2, 0.25) is 0 Å². The molecule has 3 aromatic heterocycles. The fourth-order valence-corrected chi connectivity index (χ4v) is 2.89. The first-order chi connectivity index (χ1) is 10.2. The molecule has 0 spiro atoms. The molecule has 21 heavy (non-hydrogen) atoms. The van der Waals surface area contributed by atoms with Crippen molar-refractivity contribution in [3.63, 3.8) is 0 Å². The average molecular weight is 300 g/mol. The number of aromatic nitrogens is 3. The van der Waals surface area contributed by atoms with Gasteiger partial charge in [-0.15, -0.1) is 11.3 Å². The second-order valence-electron chi connectivity index (χ2n) is 4.95. The van der Waals surface area contributed by atoms with E-state index in [-0.39, 0.29) is 0 Å². The molecular formula is C15H16N4OS. The highest BCUT2D eigenvalue weighted by atomic mass is 32.1. The fourth-order valence-electron chi connectivity index (χ4n) is 2.04. The molecule has 0 unspecified atom stereocenters. The van der Waals surface area contributed by atoms with Crippen LogP contribution in [0.25, 0.3) is 11.6 Å². The fraction of sp³-hybridized carbons (Fsp3) is 0.267. The lowest BCUT2D eigenvalue weighted by molar-refractivity contribution is 0.317. The Hall–Kier alpha value is -2.05. The van der Waals surface area contributed by atoms with Crippen LogP contribution in [0.3, 0.4) is 0 Å². The van der Waals surface area contributed by atoms with Crippen LogP contribution in [-0.4, -0.2) is 26.9 Å². The Morgan fingerprint density at radius 3 is 2.67 bits per heavy atom. The molecule has 5 nitrogen and oxygen atoms in total. The maximum absolute atomic E-state index is 5.28. The standard InChI is InChI=1S/C15H16N4OS/c1-11-10-21-14(18-11)9-19(2)8-12-6-16-15(17-7-12)13-4-3-5-20-13/h3-7,10H,8-9H2,1-2H3. The molecule has 108 valence electrons. The summed E-state index contributed by atoms with van der Waals surface area (Å²) in [6.45, 7) is 3.64. The van der Waals surface area contributed by atoms with Gasteiger partial charge < -0.3 is 4.42 Å². The van der Waals surface area contributed by atoms with Crippen LogP contribution in [0.15, 0.2) is 40.6 Å². The second kappa shape index (κ2) is 6.15. The van der Waals surface area contributed by atoms with Crippen molar-refractivity contribution >= 4 is 11.3 Å². The summed E-state index contributed by atoms with van der Waals surface area (Å²) in [5.74, 6) is 1.30. The van der Waals surface area contributed by atoms with Gasteiger partial charge in [0.05, 0.1) is 12.8 Å². The maximum Gasteiger partial charge on any atom is 0.195 e. The van der Waals surface area contributed by atoms with Crippen LogP contribution in [0.2, 0.25) is 0 Å². The van der Waals surface area contributed by atoms with E-state index in [2.05, 4.69) is 32.3 Å². The predicted molar refractivity (Wildman–Crippen MR) is 81.8 cm³/mol. The predicted octanol–water partition coefficient (Wildman–Crippen LogP) is 3.13. The molecule has 0 bridgehead atoms. The number of rotatable bonds is 5. The van der Waals surface area contributed by atoms with E-state index in [0.717, 1.165) is 29.4 Å². The van der Waals surface area contributed by atoms with Crippen molar-refractivity contribution < 1.29 is 4.42 Å². The van der Waals surface area contributed by atoms with Crippen molar-refractivity contribution in [2.45, 2.75) is 20.0 Å². The van der Waals surface area contributed by atoms with E-state index in [1.54, 1.807) is 17.6 Å². The smallest absolute Gasteiger partial charge is 0.195 e. The molecule has 0 saturated carbocycles. The van der Waals surface area contributed by atoms with Crippen molar-refractivity contribution in [2.24, 2.45) is 0 Å². The first kappa shape index (κ1) is 13.9. The second-order valence-corrected chi connectivity index (χ2v) is 5.89. The van der Waals surface area contributed by atoms with Crippen LogP contribution in [0.1, 0.15) is 16.3 Å². The Kier molecular flexibility index (Phi) is 4.08. The SMILES string of the molecule is Cc1csc(CN(C)Cc2cnc(-c3ccco3)nc2)n1. The van der Waals surface area contributed by atoms with Crippen LogP contribution >= 0.6 is 11.3 Å². The number of furan rings is 1. The van der Waals surface area contributed by atoms with E-state index in [9.17, 15) is 0 Å². The van der Waals surface area contributed by atoms with Crippen LogP contribution in [0.4, 0.5) is 0 Å². The molecule has 0 saturated heterocycles. The number of thiazole rings is 1. The van der Waals surface area contributed by atoms with Crippen LogP contribution in [0, 0.1) is 6.92 Å². The minimum absolute atomic E-state index is 0.613. The number of nitrogens with zero attached hydrogens (tertiary/aromatic N) is 4. The topological polar surface area (TPSA) is 55.1 Å². The van der Waals surface area contributed by atoms with Crippen molar-refractivity contribution in [2.75, 3.05) is 7.05 Å². The molecule has 6 heteroatoms. The Bertz CT molecular complexity index is 691. The van der Waals surface area contributed by atoms with Crippen LogP contribution in [-0.2, 0) is 13.1 Å². The van der Waals surface area contributed by atoms with Gasteiger partial charge in [0.25, 0.3) is 0 Å². The monoisotopic (exact) mass is 300 g/mol. The molecule has 0 N–H and O–H groups in total. The largest absolute Gasteiger partial charge is 0.461 e. The molecule has 0 atom stereocenters. The highest BCUT2D eigenvalue weighted by molar-refractivity contribution is 7.09. The van der Waals surface area contributed by atoms with E-state index in [1.165, 1.54) is 0 Å². The summed E-state index contributed by atoms with van der Waals surface area (Å²) in [5.41, 5.74) is 2.15. The molecule has 3 aromatic rings. The van der Waals surface area contributed by atoms with Gasteiger partial charge in [0.15, 0.2) is 11.6 Å². The summed E-state index contributed by atoms with van der Waals surface area (Å²) in [7, 11) is 2.07. The third kappa shape index (κ3) is 3.53. The first-order valence-corrected chi connectivity index (χ1v) is 7.53. The molecular weight excluding hydrogens is 284 g/mol. The Balaban J connectivity index is 1.62. The summed E-state index contributed by atoms with van der Waals surface area (Å²) in [4.78, 5) is 15.4. The van der Waals surface area contributed by atoms with Gasteiger partial charge in [-0.2, -0.15) is 0 Å². The molecule has 0 radical (unpaired) electrons. The quantitative estimate of drug-likeness (QED) is 0.724. The lowest BCUT2D eigenvalue weighted by Gasteiger charge is -2.14. The van der Waals surface area contributed by atoms with Crippen molar-refractivity contribution in [1.29, 1.82) is 0 Å². The highest BCUT2D eigenvalue weighted by Gasteiger charge is 2.07. The van der Waals surface area contributed by atoms with Crippen molar-refractivity contribution in [1.82, 2.24) is 19.9 Å². The van der Waals surface area contributed by atoms with Gasteiger partial charge in [-0.05, 0) is 26.1 Å². The van der Waals surface area contributed by atoms with E-state index < -0.39 is 0 Å². The zero-order chi connectivity index (χ0) is 14.7. The zero-order valence-corrected chi connectivity index (χ0v) is 12.8.